The first-order valence-electron chi connectivity index (χ1n) is 8.51. The summed E-state index contributed by atoms with van der Waals surface area (Å²) >= 11 is 1.35. The summed E-state index contributed by atoms with van der Waals surface area (Å²) in [6, 6.07) is 5.53. The Bertz CT molecular complexity index is 762. The van der Waals surface area contributed by atoms with Crippen molar-refractivity contribution >= 4 is 29.3 Å². The Morgan fingerprint density at radius 2 is 2.16 bits per heavy atom. The predicted molar refractivity (Wildman–Crippen MR) is 91.8 cm³/mol. The molecular weight excluding hydrogens is 338 g/mol. The standard InChI is InChI=1S/C19H19NO4S/c1-24-18(23)19-11-5-4-6-13(19)15(21)16(12(9-8-11)17(19)22)25-14-7-2-3-10-20-14/h2-5,7,10-13,16H,6,8-9H2,1H3/t11-,12-,13+,16?,19-/m0/s1. The number of hydrogen-bond donors (Lipinski definition) is 0. The highest BCUT2D eigenvalue weighted by atomic mass is 32.2. The summed E-state index contributed by atoms with van der Waals surface area (Å²) in [5.74, 6) is -1.97. The first-order valence-corrected chi connectivity index (χ1v) is 9.39. The SMILES string of the molecule is COC(=O)[C@@]12C(=O)[C@H]3CC[C@@H]1C=CC[C@@H]2C(=O)C3Sc1ccccn1. The largest absolute Gasteiger partial charge is 0.468 e. The van der Waals surface area contributed by atoms with Gasteiger partial charge in [-0.15, -0.1) is 0 Å². The van der Waals surface area contributed by atoms with Crippen LogP contribution in [-0.4, -0.2) is 34.9 Å². The normalized spacial score (nSPS) is 36.2. The van der Waals surface area contributed by atoms with Gasteiger partial charge in [-0.05, 0) is 31.4 Å². The quantitative estimate of drug-likeness (QED) is 0.470. The van der Waals surface area contributed by atoms with Gasteiger partial charge >= 0.3 is 5.97 Å². The van der Waals surface area contributed by atoms with Crippen LogP contribution in [-0.2, 0) is 19.1 Å². The minimum atomic E-state index is -1.31. The Hall–Kier alpha value is -1.95. The number of rotatable bonds is 3. The maximum Gasteiger partial charge on any atom is 0.320 e. The van der Waals surface area contributed by atoms with Gasteiger partial charge in [-0.25, -0.2) is 4.98 Å². The van der Waals surface area contributed by atoms with E-state index >= 15 is 0 Å². The van der Waals surface area contributed by atoms with Crippen molar-refractivity contribution in [3.05, 3.63) is 36.5 Å². The second-order valence-electron chi connectivity index (χ2n) is 6.84. The van der Waals surface area contributed by atoms with Gasteiger partial charge in [0.1, 0.15) is 5.41 Å². The number of fused-ring (bicyclic) bond motifs is 1. The number of hydrogen-bond acceptors (Lipinski definition) is 6. The fourth-order valence-corrected chi connectivity index (χ4v) is 5.97. The molecule has 25 heavy (non-hydrogen) atoms. The number of methoxy groups -OCH3 is 1. The van der Waals surface area contributed by atoms with Gasteiger partial charge in [0.25, 0.3) is 0 Å². The van der Waals surface area contributed by atoms with Crippen LogP contribution in [0.4, 0.5) is 0 Å². The van der Waals surface area contributed by atoms with Gasteiger partial charge in [-0.3, -0.25) is 14.4 Å². The number of ketones is 2. The van der Waals surface area contributed by atoms with Gasteiger partial charge in [0.15, 0.2) is 11.6 Å². The minimum Gasteiger partial charge on any atom is -0.468 e. The Morgan fingerprint density at radius 1 is 1.32 bits per heavy atom. The van der Waals surface area contributed by atoms with Crippen LogP contribution in [0.15, 0.2) is 41.6 Å². The molecule has 0 N–H and O–H groups in total. The molecule has 5 atom stereocenters. The van der Waals surface area contributed by atoms with E-state index in [1.807, 2.05) is 30.4 Å². The molecule has 0 aliphatic heterocycles. The van der Waals surface area contributed by atoms with E-state index in [0.29, 0.717) is 12.8 Å². The molecule has 1 heterocycles. The van der Waals surface area contributed by atoms with Crippen molar-refractivity contribution in [2.45, 2.75) is 29.5 Å². The molecule has 0 saturated heterocycles. The van der Waals surface area contributed by atoms with Crippen molar-refractivity contribution in [1.82, 2.24) is 4.98 Å². The Morgan fingerprint density at radius 3 is 2.88 bits per heavy atom. The number of carbonyl (C=O) groups is 3. The number of ether oxygens (including phenoxy) is 1. The van der Waals surface area contributed by atoms with Crippen molar-refractivity contribution in [2.75, 3.05) is 7.11 Å². The summed E-state index contributed by atoms with van der Waals surface area (Å²) in [5, 5.41) is 0.255. The number of Topliss-reactive ketones (excluding diaryl/α,β-unsaturated/α-hetero) is 2. The molecule has 3 aliphatic carbocycles. The van der Waals surface area contributed by atoms with Crippen LogP contribution in [0, 0.1) is 23.2 Å². The maximum atomic E-state index is 13.4. The van der Waals surface area contributed by atoms with E-state index in [2.05, 4.69) is 4.98 Å². The van der Waals surface area contributed by atoms with E-state index in [1.54, 1.807) is 6.20 Å². The lowest BCUT2D eigenvalue weighted by Gasteiger charge is -2.53. The number of esters is 1. The van der Waals surface area contributed by atoms with E-state index in [-0.39, 0.29) is 17.5 Å². The molecule has 1 aromatic rings. The van der Waals surface area contributed by atoms with E-state index < -0.39 is 28.5 Å². The zero-order chi connectivity index (χ0) is 17.6. The average Bonchev–Trinajstić information content (AvgIpc) is 2.65. The van der Waals surface area contributed by atoms with Crippen LogP contribution in [0.2, 0.25) is 0 Å². The van der Waals surface area contributed by atoms with Crippen molar-refractivity contribution in [2.24, 2.45) is 23.2 Å². The molecular formula is C19H19NO4S. The Balaban J connectivity index is 1.77. The molecule has 0 aromatic carbocycles. The molecule has 5 nitrogen and oxygen atoms in total. The van der Waals surface area contributed by atoms with Gasteiger partial charge < -0.3 is 4.74 Å². The summed E-state index contributed by atoms with van der Waals surface area (Å²) in [5.41, 5.74) is -1.31. The number of pyridine rings is 1. The topological polar surface area (TPSA) is 73.3 Å². The Labute approximate surface area is 150 Å². The van der Waals surface area contributed by atoms with Gasteiger partial charge in [0.05, 0.1) is 17.4 Å². The number of thioether (sulfide) groups is 1. The summed E-state index contributed by atoms with van der Waals surface area (Å²) < 4.78 is 5.01. The van der Waals surface area contributed by atoms with Crippen LogP contribution in [0.5, 0.6) is 0 Å². The van der Waals surface area contributed by atoms with Crippen molar-refractivity contribution < 1.29 is 19.1 Å². The summed E-state index contributed by atoms with van der Waals surface area (Å²) in [7, 11) is 1.30. The van der Waals surface area contributed by atoms with Crippen molar-refractivity contribution in [1.29, 1.82) is 0 Å². The van der Waals surface area contributed by atoms with E-state index in [4.69, 9.17) is 4.74 Å². The molecule has 1 unspecified atom stereocenters. The van der Waals surface area contributed by atoms with Crippen LogP contribution in [0.1, 0.15) is 19.3 Å². The van der Waals surface area contributed by atoms with Gasteiger partial charge in [-0.1, -0.05) is 30.0 Å². The molecule has 3 aliphatic rings. The van der Waals surface area contributed by atoms with Crippen LogP contribution < -0.4 is 0 Å². The fourth-order valence-electron chi connectivity index (χ4n) is 4.73. The van der Waals surface area contributed by atoms with Crippen LogP contribution >= 0.6 is 11.8 Å². The minimum absolute atomic E-state index is 0.0142. The van der Waals surface area contributed by atoms with Gasteiger partial charge in [0, 0.05) is 24.0 Å². The number of allylic oxidation sites excluding steroid dienone is 2. The van der Waals surface area contributed by atoms with Crippen LogP contribution in [0.3, 0.4) is 0 Å². The van der Waals surface area contributed by atoms with E-state index in [0.717, 1.165) is 11.4 Å². The second-order valence-corrected chi connectivity index (χ2v) is 8.00. The molecule has 0 spiro atoms. The lowest BCUT2D eigenvalue weighted by molar-refractivity contribution is -0.178. The molecule has 130 valence electrons. The molecule has 6 heteroatoms. The van der Waals surface area contributed by atoms with Crippen LogP contribution in [0.25, 0.3) is 0 Å². The van der Waals surface area contributed by atoms with Crippen molar-refractivity contribution in [3.63, 3.8) is 0 Å². The Kier molecular flexibility index (Phi) is 4.02. The summed E-state index contributed by atoms with van der Waals surface area (Å²) in [6.07, 6.45) is 7.32. The molecule has 2 saturated carbocycles. The highest BCUT2D eigenvalue weighted by Crippen LogP contribution is 2.58. The number of nitrogens with zero attached hydrogens (tertiary/aromatic N) is 1. The van der Waals surface area contributed by atoms with E-state index in [9.17, 15) is 14.4 Å². The molecule has 0 radical (unpaired) electrons. The maximum absolute atomic E-state index is 13.4. The third-order valence-electron chi connectivity index (χ3n) is 5.81. The number of carbonyl (C=O) groups excluding carboxylic acids is 3. The first-order chi connectivity index (χ1) is 12.1. The lowest BCUT2D eigenvalue weighted by Crippen LogP contribution is -2.66. The zero-order valence-corrected chi connectivity index (χ0v) is 14.7. The average molecular weight is 357 g/mol. The zero-order valence-electron chi connectivity index (χ0n) is 13.9. The first kappa shape index (κ1) is 16.5. The van der Waals surface area contributed by atoms with Gasteiger partial charge in [-0.2, -0.15) is 0 Å². The summed E-state index contributed by atoms with van der Waals surface area (Å²) in [4.78, 5) is 43.6. The third-order valence-corrected chi connectivity index (χ3v) is 7.10. The lowest BCUT2D eigenvalue weighted by atomic mass is 9.48. The van der Waals surface area contributed by atoms with Crippen molar-refractivity contribution in [3.8, 4) is 0 Å². The smallest absolute Gasteiger partial charge is 0.320 e. The molecule has 2 fully saturated rings. The molecule has 2 bridgehead atoms. The number of aromatic nitrogens is 1. The molecule has 4 rings (SSSR count). The molecule has 0 amide bonds. The van der Waals surface area contributed by atoms with E-state index in [1.165, 1.54) is 18.9 Å². The third kappa shape index (κ3) is 2.23. The second kappa shape index (κ2) is 6.09. The highest BCUT2D eigenvalue weighted by Gasteiger charge is 2.68. The monoisotopic (exact) mass is 357 g/mol. The summed E-state index contributed by atoms with van der Waals surface area (Å²) in [6.45, 7) is 0. The highest BCUT2D eigenvalue weighted by molar-refractivity contribution is 8.00. The molecule has 1 aromatic heterocycles. The predicted octanol–water partition coefficient (Wildman–Crippen LogP) is 2.46. The fraction of sp³-hybridized carbons (Fsp3) is 0.474. The van der Waals surface area contributed by atoms with Gasteiger partial charge in [0.2, 0.25) is 0 Å².